The van der Waals surface area contributed by atoms with Gasteiger partial charge in [-0.05, 0) is 61.5 Å². The first-order valence-electron chi connectivity index (χ1n) is 9.12. The third kappa shape index (κ3) is 4.71. The first kappa shape index (κ1) is 18.6. The Morgan fingerprint density at radius 3 is 2.69 bits per heavy atom. The van der Waals surface area contributed by atoms with Gasteiger partial charge in [-0.1, -0.05) is 19.1 Å². The van der Waals surface area contributed by atoms with Crippen LogP contribution in [-0.2, 0) is 0 Å². The summed E-state index contributed by atoms with van der Waals surface area (Å²) in [4.78, 5) is 27.5. The normalized spacial score (nSPS) is 15.0. The van der Waals surface area contributed by atoms with Crippen molar-refractivity contribution >= 4 is 28.8 Å². The van der Waals surface area contributed by atoms with E-state index in [4.69, 9.17) is 0 Å². The van der Waals surface area contributed by atoms with Gasteiger partial charge in [0.15, 0.2) is 0 Å². The molecule has 0 unspecified atom stereocenters. The van der Waals surface area contributed by atoms with E-state index in [0.717, 1.165) is 39.0 Å². The maximum absolute atomic E-state index is 12.8. The minimum atomic E-state index is -0.145. The van der Waals surface area contributed by atoms with Crippen LogP contribution in [0.2, 0.25) is 0 Å². The maximum Gasteiger partial charge on any atom is 0.265 e. The number of nitrogens with one attached hydrogen (secondary N) is 2. The molecule has 2 heterocycles. The summed E-state index contributed by atoms with van der Waals surface area (Å²) < 4.78 is 0. The van der Waals surface area contributed by atoms with Crippen LogP contribution < -0.4 is 10.6 Å². The van der Waals surface area contributed by atoms with Gasteiger partial charge < -0.3 is 15.5 Å². The van der Waals surface area contributed by atoms with Crippen LogP contribution >= 0.6 is 11.3 Å². The third-order valence-electron chi connectivity index (χ3n) is 4.70. The molecule has 26 heavy (non-hydrogen) atoms. The lowest BCUT2D eigenvalue weighted by molar-refractivity contribution is 0.0690. The van der Waals surface area contributed by atoms with Gasteiger partial charge in [0.25, 0.3) is 11.8 Å². The summed E-state index contributed by atoms with van der Waals surface area (Å²) in [5, 5.41) is 8.12. The van der Waals surface area contributed by atoms with Gasteiger partial charge >= 0.3 is 0 Å². The van der Waals surface area contributed by atoms with Crippen molar-refractivity contribution in [1.29, 1.82) is 0 Å². The van der Waals surface area contributed by atoms with E-state index in [1.54, 1.807) is 12.1 Å². The molecular weight excluding hydrogens is 346 g/mol. The highest BCUT2D eigenvalue weighted by Crippen LogP contribution is 2.20. The Morgan fingerprint density at radius 2 is 2.00 bits per heavy atom. The summed E-state index contributed by atoms with van der Waals surface area (Å²) in [5.74, 6) is 0.545. The largest absolute Gasteiger partial charge is 0.339 e. The van der Waals surface area contributed by atoms with Gasteiger partial charge in [0, 0.05) is 24.3 Å². The predicted molar refractivity (Wildman–Crippen MR) is 106 cm³/mol. The number of carbonyl (C=O) groups is 2. The number of hydrogen-bond donors (Lipinski definition) is 2. The number of hydrogen-bond acceptors (Lipinski definition) is 4. The monoisotopic (exact) mass is 371 g/mol. The van der Waals surface area contributed by atoms with E-state index in [1.165, 1.54) is 11.3 Å². The molecule has 138 valence electrons. The Labute approximate surface area is 158 Å². The number of carbonyl (C=O) groups excluding carboxylic acids is 2. The zero-order valence-electron chi connectivity index (χ0n) is 15.0. The molecule has 0 radical (unpaired) electrons. The fourth-order valence-corrected chi connectivity index (χ4v) is 3.82. The van der Waals surface area contributed by atoms with Crippen molar-refractivity contribution in [2.45, 2.75) is 19.8 Å². The standard InChI is InChI=1S/C20H25N3O2S/c1-2-21-14-15-8-10-23(11-9-15)20(25)16-5-3-6-17(13-16)22-19(24)18-7-4-12-26-18/h3-7,12-13,15,21H,2,8-11,14H2,1H3,(H,22,24). The van der Waals surface area contributed by atoms with E-state index >= 15 is 0 Å². The number of likely N-dealkylation sites (tertiary alicyclic amines) is 1. The van der Waals surface area contributed by atoms with Gasteiger partial charge in [0.05, 0.1) is 4.88 Å². The lowest BCUT2D eigenvalue weighted by atomic mass is 9.96. The molecule has 0 atom stereocenters. The minimum Gasteiger partial charge on any atom is -0.339 e. The van der Waals surface area contributed by atoms with E-state index in [-0.39, 0.29) is 11.8 Å². The second-order valence-corrected chi connectivity index (χ2v) is 7.50. The Bertz CT molecular complexity index is 737. The smallest absolute Gasteiger partial charge is 0.265 e. The van der Waals surface area contributed by atoms with Gasteiger partial charge in [-0.2, -0.15) is 0 Å². The number of rotatable bonds is 6. The van der Waals surface area contributed by atoms with Crippen LogP contribution in [0.1, 0.15) is 39.8 Å². The van der Waals surface area contributed by atoms with Crippen LogP contribution in [0, 0.1) is 5.92 Å². The van der Waals surface area contributed by atoms with Gasteiger partial charge in [-0.3, -0.25) is 9.59 Å². The van der Waals surface area contributed by atoms with E-state index < -0.39 is 0 Å². The Balaban J connectivity index is 1.59. The number of benzene rings is 1. The first-order chi connectivity index (χ1) is 12.7. The van der Waals surface area contributed by atoms with Crippen LogP contribution in [0.5, 0.6) is 0 Å². The van der Waals surface area contributed by atoms with Crippen molar-refractivity contribution in [2.24, 2.45) is 5.92 Å². The molecule has 3 rings (SSSR count). The second kappa shape index (κ2) is 8.96. The average molecular weight is 372 g/mol. The highest BCUT2D eigenvalue weighted by atomic mass is 32.1. The molecule has 1 aliphatic heterocycles. The van der Waals surface area contributed by atoms with Crippen molar-refractivity contribution in [3.63, 3.8) is 0 Å². The molecule has 0 spiro atoms. The molecule has 0 aliphatic carbocycles. The number of nitrogens with zero attached hydrogens (tertiary/aromatic N) is 1. The molecular formula is C20H25N3O2S. The predicted octanol–water partition coefficient (Wildman–Crippen LogP) is 3.46. The van der Waals surface area contributed by atoms with E-state index in [2.05, 4.69) is 17.6 Å². The second-order valence-electron chi connectivity index (χ2n) is 6.56. The van der Waals surface area contributed by atoms with Crippen LogP contribution in [0.25, 0.3) is 0 Å². The molecule has 1 aromatic heterocycles. The van der Waals surface area contributed by atoms with Crippen molar-refractivity contribution < 1.29 is 9.59 Å². The lowest BCUT2D eigenvalue weighted by Crippen LogP contribution is -2.40. The zero-order chi connectivity index (χ0) is 18.4. The quantitative estimate of drug-likeness (QED) is 0.817. The molecule has 0 bridgehead atoms. The summed E-state index contributed by atoms with van der Waals surface area (Å²) in [6.45, 7) is 5.72. The number of anilines is 1. The summed E-state index contributed by atoms with van der Waals surface area (Å²) in [7, 11) is 0. The minimum absolute atomic E-state index is 0.0409. The fraction of sp³-hybridized carbons (Fsp3) is 0.400. The van der Waals surface area contributed by atoms with Gasteiger partial charge in [-0.25, -0.2) is 0 Å². The summed E-state index contributed by atoms with van der Waals surface area (Å²) in [6.07, 6.45) is 2.07. The summed E-state index contributed by atoms with van der Waals surface area (Å²) in [5.41, 5.74) is 1.27. The summed E-state index contributed by atoms with van der Waals surface area (Å²) >= 11 is 1.40. The Morgan fingerprint density at radius 1 is 1.19 bits per heavy atom. The van der Waals surface area contributed by atoms with E-state index in [0.29, 0.717) is 22.0 Å². The molecule has 6 heteroatoms. The Hall–Kier alpha value is -2.18. The first-order valence-corrected chi connectivity index (χ1v) is 10.00. The van der Waals surface area contributed by atoms with Crippen molar-refractivity contribution in [3.8, 4) is 0 Å². The lowest BCUT2D eigenvalue weighted by Gasteiger charge is -2.32. The molecule has 2 aromatic rings. The highest BCUT2D eigenvalue weighted by molar-refractivity contribution is 7.12. The molecule has 2 N–H and O–H groups in total. The van der Waals surface area contributed by atoms with Crippen LogP contribution in [-0.4, -0.2) is 42.9 Å². The zero-order valence-corrected chi connectivity index (χ0v) is 15.8. The number of amides is 2. The average Bonchev–Trinajstić information content (AvgIpc) is 3.21. The molecule has 1 aliphatic rings. The molecule has 1 aromatic carbocycles. The SMILES string of the molecule is CCNCC1CCN(C(=O)c2cccc(NC(=O)c3cccs3)c2)CC1. The third-order valence-corrected chi connectivity index (χ3v) is 5.57. The highest BCUT2D eigenvalue weighted by Gasteiger charge is 2.23. The molecule has 0 saturated carbocycles. The number of piperidine rings is 1. The summed E-state index contributed by atoms with van der Waals surface area (Å²) in [6, 6.07) is 10.8. The van der Waals surface area contributed by atoms with Crippen LogP contribution in [0.3, 0.4) is 0 Å². The molecule has 5 nitrogen and oxygen atoms in total. The van der Waals surface area contributed by atoms with Crippen molar-refractivity contribution in [1.82, 2.24) is 10.2 Å². The molecule has 1 saturated heterocycles. The van der Waals surface area contributed by atoms with Gasteiger partial charge in [0.1, 0.15) is 0 Å². The molecule has 2 amide bonds. The Kier molecular flexibility index (Phi) is 6.41. The maximum atomic E-state index is 12.8. The molecule has 1 fully saturated rings. The van der Waals surface area contributed by atoms with Crippen LogP contribution in [0.4, 0.5) is 5.69 Å². The van der Waals surface area contributed by atoms with E-state index in [9.17, 15) is 9.59 Å². The number of thiophene rings is 1. The van der Waals surface area contributed by atoms with Gasteiger partial charge in [0.2, 0.25) is 0 Å². The van der Waals surface area contributed by atoms with Crippen molar-refractivity contribution in [2.75, 3.05) is 31.5 Å². The topological polar surface area (TPSA) is 61.4 Å². The van der Waals surface area contributed by atoms with Crippen molar-refractivity contribution in [3.05, 3.63) is 52.2 Å². The van der Waals surface area contributed by atoms with Gasteiger partial charge in [-0.15, -0.1) is 11.3 Å². The van der Waals surface area contributed by atoms with Crippen LogP contribution in [0.15, 0.2) is 41.8 Å². The fourth-order valence-electron chi connectivity index (χ4n) is 3.20. The van der Waals surface area contributed by atoms with E-state index in [1.807, 2.05) is 34.5 Å².